The third-order valence-electron chi connectivity index (χ3n) is 3.32. The SMILES string of the molecule is CCCC(C)(C)NCc1cccc2[nH]ccc12. The van der Waals surface area contributed by atoms with Crippen LogP contribution < -0.4 is 5.32 Å². The van der Waals surface area contributed by atoms with Crippen LogP contribution in [0.3, 0.4) is 0 Å². The van der Waals surface area contributed by atoms with Crippen molar-refractivity contribution in [3.05, 3.63) is 36.0 Å². The molecule has 0 fully saturated rings. The van der Waals surface area contributed by atoms with Crippen LogP contribution in [-0.2, 0) is 6.54 Å². The Kier molecular flexibility index (Phi) is 3.53. The van der Waals surface area contributed by atoms with Crippen molar-refractivity contribution in [1.82, 2.24) is 10.3 Å². The Balaban J connectivity index is 2.11. The molecule has 0 aliphatic heterocycles. The summed E-state index contributed by atoms with van der Waals surface area (Å²) in [6, 6.07) is 8.59. The highest BCUT2D eigenvalue weighted by molar-refractivity contribution is 5.82. The summed E-state index contributed by atoms with van der Waals surface area (Å²) in [6.07, 6.45) is 4.43. The van der Waals surface area contributed by atoms with Crippen molar-refractivity contribution in [3.8, 4) is 0 Å². The van der Waals surface area contributed by atoms with Crippen LogP contribution in [0.5, 0.6) is 0 Å². The first-order valence-electron chi connectivity index (χ1n) is 6.42. The molecular formula is C15H22N2. The van der Waals surface area contributed by atoms with Crippen molar-refractivity contribution in [2.24, 2.45) is 0 Å². The second-order valence-electron chi connectivity index (χ2n) is 5.34. The zero-order valence-corrected chi connectivity index (χ0v) is 11.0. The van der Waals surface area contributed by atoms with E-state index in [2.05, 4.69) is 55.3 Å². The van der Waals surface area contributed by atoms with Crippen LogP contribution in [0, 0.1) is 0 Å². The fourth-order valence-corrected chi connectivity index (χ4v) is 2.35. The molecule has 0 atom stereocenters. The molecule has 1 aromatic heterocycles. The molecule has 1 heterocycles. The van der Waals surface area contributed by atoms with Crippen LogP contribution in [-0.4, -0.2) is 10.5 Å². The summed E-state index contributed by atoms with van der Waals surface area (Å²) in [5, 5.41) is 4.97. The molecule has 0 aliphatic carbocycles. The summed E-state index contributed by atoms with van der Waals surface area (Å²) in [5.74, 6) is 0. The minimum atomic E-state index is 0.215. The molecule has 2 aromatic rings. The third kappa shape index (κ3) is 2.89. The number of rotatable bonds is 5. The topological polar surface area (TPSA) is 27.8 Å². The second-order valence-corrected chi connectivity index (χ2v) is 5.34. The normalized spacial score (nSPS) is 12.2. The number of hydrogen-bond donors (Lipinski definition) is 2. The minimum absolute atomic E-state index is 0.215. The summed E-state index contributed by atoms with van der Waals surface area (Å²) in [6.45, 7) is 7.71. The molecule has 0 spiro atoms. The summed E-state index contributed by atoms with van der Waals surface area (Å²) in [4.78, 5) is 3.25. The number of aromatic amines is 1. The Bertz CT molecular complexity index is 482. The molecule has 0 saturated carbocycles. The van der Waals surface area contributed by atoms with E-state index in [1.807, 2.05) is 6.20 Å². The molecule has 17 heavy (non-hydrogen) atoms. The van der Waals surface area contributed by atoms with Crippen LogP contribution in [0.2, 0.25) is 0 Å². The van der Waals surface area contributed by atoms with Gasteiger partial charge in [0.25, 0.3) is 0 Å². The first-order chi connectivity index (χ1) is 8.12. The molecule has 2 rings (SSSR count). The molecule has 1 aromatic carbocycles. The second kappa shape index (κ2) is 4.92. The number of benzene rings is 1. The zero-order chi connectivity index (χ0) is 12.3. The van der Waals surface area contributed by atoms with E-state index in [0.29, 0.717) is 0 Å². The molecule has 0 radical (unpaired) electrons. The average molecular weight is 230 g/mol. The average Bonchev–Trinajstić information content (AvgIpc) is 2.74. The van der Waals surface area contributed by atoms with E-state index in [9.17, 15) is 0 Å². The molecule has 0 aliphatic rings. The summed E-state index contributed by atoms with van der Waals surface area (Å²) < 4.78 is 0. The Labute approximate surface area is 103 Å². The van der Waals surface area contributed by atoms with Crippen LogP contribution >= 0.6 is 0 Å². The van der Waals surface area contributed by atoms with Crippen molar-refractivity contribution in [2.45, 2.75) is 45.7 Å². The summed E-state index contributed by atoms with van der Waals surface area (Å²) in [5.41, 5.74) is 2.80. The third-order valence-corrected chi connectivity index (χ3v) is 3.32. The number of nitrogens with one attached hydrogen (secondary N) is 2. The van der Waals surface area contributed by atoms with E-state index in [-0.39, 0.29) is 5.54 Å². The van der Waals surface area contributed by atoms with Gasteiger partial charge in [-0.3, -0.25) is 0 Å². The highest BCUT2D eigenvalue weighted by atomic mass is 14.9. The molecule has 2 heteroatoms. The summed E-state index contributed by atoms with van der Waals surface area (Å²) in [7, 11) is 0. The lowest BCUT2D eigenvalue weighted by atomic mass is 9.98. The monoisotopic (exact) mass is 230 g/mol. The first-order valence-corrected chi connectivity index (χ1v) is 6.42. The van der Waals surface area contributed by atoms with E-state index in [1.54, 1.807) is 0 Å². The van der Waals surface area contributed by atoms with Crippen molar-refractivity contribution < 1.29 is 0 Å². The molecule has 0 saturated heterocycles. The van der Waals surface area contributed by atoms with Crippen molar-refractivity contribution in [1.29, 1.82) is 0 Å². The lowest BCUT2D eigenvalue weighted by molar-refractivity contribution is 0.357. The largest absolute Gasteiger partial charge is 0.361 e. The zero-order valence-electron chi connectivity index (χ0n) is 11.0. The Morgan fingerprint density at radius 1 is 1.24 bits per heavy atom. The quantitative estimate of drug-likeness (QED) is 0.802. The highest BCUT2D eigenvalue weighted by Crippen LogP contribution is 2.19. The Hall–Kier alpha value is -1.28. The lowest BCUT2D eigenvalue weighted by Gasteiger charge is -2.26. The van der Waals surface area contributed by atoms with Crippen molar-refractivity contribution in [3.63, 3.8) is 0 Å². The fraction of sp³-hybridized carbons (Fsp3) is 0.467. The van der Waals surface area contributed by atoms with Crippen LogP contribution in [0.25, 0.3) is 10.9 Å². The maximum atomic E-state index is 3.64. The van der Waals surface area contributed by atoms with Gasteiger partial charge in [-0.1, -0.05) is 25.5 Å². The molecule has 92 valence electrons. The maximum Gasteiger partial charge on any atom is 0.0457 e. The van der Waals surface area contributed by atoms with Crippen LogP contribution in [0.1, 0.15) is 39.2 Å². The molecule has 2 N–H and O–H groups in total. The maximum absolute atomic E-state index is 3.64. The van der Waals surface area contributed by atoms with Crippen LogP contribution in [0.15, 0.2) is 30.5 Å². The smallest absolute Gasteiger partial charge is 0.0457 e. The van der Waals surface area contributed by atoms with E-state index in [0.717, 1.165) is 6.54 Å². The first kappa shape index (κ1) is 12.2. The Morgan fingerprint density at radius 2 is 2.06 bits per heavy atom. The highest BCUT2D eigenvalue weighted by Gasteiger charge is 2.15. The van der Waals surface area contributed by atoms with Gasteiger partial charge >= 0.3 is 0 Å². The van der Waals surface area contributed by atoms with Crippen molar-refractivity contribution >= 4 is 10.9 Å². The van der Waals surface area contributed by atoms with Gasteiger partial charge in [0.05, 0.1) is 0 Å². The van der Waals surface area contributed by atoms with Gasteiger partial charge in [-0.25, -0.2) is 0 Å². The number of H-pyrrole nitrogens is 1. The van der Waals surface area contributed by atoms with Gasteiger partial charge in [-0.15, -0.1) is 0 Å². The van der Waals surface area contributed by atoms with Gasteiger partial charge in [-0.05, 0) is 38.0 Å². The minimum Gasteiger partial charge on any atom is -0.361 e. The number of aromatic nitrogens is 1. The molecular weight excluding hydrogens is 208 g/mol. The predicted octanol–water partition coefficient (Wildman–Crippen LogP) is 3.84. The number of hydrogen-bond acceptors (Lipinski definition) is 1. The lowest BCUT2D eigenvalue weighted by Crippen LogP contribution is -2.38. The van der Waals surface area contributed by atoms with E-state index in [4.69, 9.17) is 0 Å². The summed E-state index contributed by atoms with van der Waals surface area (Å²) >= 11 is 0. The molecule has 0 unspecified atom stereocenters. The van der Waals surface area contributed by atoms with Crippen LogP contribution in [0.4, 0.5) is 0 Å². The van der Waals surface area contributed by atoms with E-state index in [1.165, 1.54) is 29.3 Å². The Morgan fingerprint density at radius 3 is 2.82 bits per heavy atom. The van der Waals surface area contributed by atoms with E-state index >= 15 is 0 Å². The van der Waals surface area contributed by atoms with E-state index < -0.39 is 0 Å². The molecule has 0 bridgehead atoms. The molecule has 2 nitrogen and oxygen atoms in total. The molecule has 0 amide bonds. The number of fused-ring (bicyclic) bond motifs is 1. The van der Waals surface area contributed by atoms with Gasteiger partial charge in [0, 0.05) is 29.2 Å². The fourth-order valence-electron chi connectivity index (χ4n) is 2.35. The van der Waals surface area contributed by atoms with Gasteiger partial charge in [-0.2, -0.15) is 0 Å². The van der Waals surface area contributed by atoms with Gasteiger partial charge < -0.3 is 10.3 Å². The van der Waals surface area contributed by atoms with Crippen molar-refractivity contribution in [2.75, 3.05) is 0 Å². The van der Waals surface area contributed by atoms with Gasteiger partial charge in [0.2, 0.25) is 0 Å². The predicted molar refractivity (Wildman–Crippen MR) is 74.1 cm³/mol. The van der Waals surface area contributed by atoms with Gasteiger partial charge in [0.15, 0.2) is 0 Å². The van der Waals surface area contributed by atoms with Gasteiger partial charge in [0.1, 0.15) is 0 Å². The standard InChI is InChI=1S/C15H22N2/c1-4-9-15(2,3)17-11-12-6-5-7-14-13(12)8-10-16-14/h5-8,10,16-17H,4,9,11H2,1-3H3.